The molecular formula is C3H9NP2. The van der Waals surface area contributed by atoms with Crippen molar-refractivity contribution in [1.82, 2.24) is 0 Å². The van der Waals surface area contributed by atoms with Crippen LogP contribution in [-0.4, -0.2) is 18.2 Å². The molecule has 0 spiro atoms. The van der Waals surface area contributed by atoms with Crippen molar-refractivity contribution in [2.45, 2.75) is 0 Å². The van der Waals surface area contributed by atoms with Gasteiger partial charge in [-0.25, -0.2) is 0 Å². The van der Waals surface area contributed by atoms with Crippen LogP contribution in [0.3, 0.4) is 0 Å². The molecule has 1 rings (SSSR count). The Hall–Kier alpha value is 0.820. The van der Waals surface area contributed by atoms with Gasteiger partial charge in [-0.3, -0.25) is 0 Å². The Morgan fingerprint density at radius 3 is 2.67 bits per heavy atom. The van der Waals surface area contributed by atoms with E-state index in [2.05, 4.69) is 0 Å². The molecule has 1 fully saturated rings. The molecule has 0 bridgehead atoms. The SMILES string of the molecule is NP1CCPC1. The molecule has 2 N–H and O–H groups in total. The summed E-state index contributed by atoms with van der Waals surface area (Å²) >= 11 is 0. The van der Waals surface area contributed by atoms with Gasteiger partial charge in [0.05, 0.1) is 0 Å². The van der Waals surface area contributed by atoms with Crippen LogP contribution in [-0.2, 0) is 0 Å². The van der Waals surface area contributed by atoms with E-state index in [0.717, 1.165) is 0 Å². The van der Waals surface area contributed by atoms with E-state index in [9.17, 15) is 0 Å². The molecule has 1 nitrogen and oxygen atoms in total. The molecule has 2 unspecified atom stereocenters. The van der Waals surface area contributed by atoms with Gasteiger partial charge in [0.25, 0.3) is 0 Å². The minimum absolute atomic E-state index is 0.0473. The summed E-state index contributed by atoms with van der Waals surface area (Å²) in [5.41, 5.74) is 5.61. The fourth-order valence-electron chi connectivity index (χ4n) is 0.524. The lowest BCUT2D eigenvalue weighted by molar-refractivity contribution is 1.53. The van der Waals surface area contributed by atoms with Crippen LogP contribution in [0.4, 0.5) is 0 Å². The van der Waals surface area contributed by atoms with Gasteiger partial charge in [-0.05, 0) is 26.3 Å². The predicted molar refractivity (Wildman–Crippen MR) is 34.0 cm³/mol. The number of nitrogens with two attached hydrogens (primary N) is 1. The Kier molecular flexibility index (Phi) is 1.83. The fraction of sp³-hybridized carbons (Fsp3) is 1.00. The molecule has 1 saturated heterocycles. The van der Waals surface area contributed by atoms with Crippen molar-refractivity contribution < 1.29 is 0 Å². The van der Waals surface area contributed by atoms with Crippen molar-refractivity contribution in [3.05, 3.63) is 0 Å². The van der Waals surface area contributed by atoms with Gasteiger partial charge in [0, 0.05) is 0 Å². The second kappa shape index (κ2) is 2.21. The lowest BCUT2D eigenvalue weighted by Gasteiger charge is -1.93. The van der Waals surface area contributed by atoms with Crippen molar-refractivity contribution in [2.75, 3.05) is 18.2 Å². The van der Waals surface area contributed by atoms with Crippen LogP contribution in [0, 0.1) is 0 Å². The van der Waals surface area contributed by atoms with Crippen LogP contribution in [0.2, 0.25) is 0 Å². The third kappa shape index (κ3) is 1.15. The summed E-state index contributed by atoms with van der Waals surface area (Å²) in [5.74, 6) is 1.36. The average Bonchev–Trinajstić information content (AvgIpc) is 1.86. The van der Waals surface area contributed by atoms with Crippen molar-refractivity contribution in [1.29, 1.82) is 0 Å². The highest BCUT2D eigenvalue weighted by Crippen LogP contribution is 2.41. The van der Waals surface area contributed by atoms with Gasteiger partial charge in [0.1, 0.15) is 0 Å². The number of rotatable bonds is 0. The molecule has 1 heterocycles. The van der Waals surface area contributed by atoms with Gasteiger partial charge in [0.2, 0.25) is 0 Å². The van der Waals surface area contributed by atoms with E-state index in [0.29, 0.717) is 0 Å². The van der Waals surface area contributed by atoms with E-state index in [1.54, 1.807) is 0 Å². The Morgan fingerprint density at radius 1 is 1.67 bits per heavy atom. The zero-order chi connectivity index (χ0) is 4.41. The third-order valence-electron chi connectivity index (χ3n) is 0.891. The van der Waals surface area contributed by atoms with Crippen molar-refractivity contribution in [3.8, 4) is 0 Å². The average molecular weight is 121 g/mol. The van der Waals surface area contributed by atoms with Gasteiger partial charge in [-0.15, -0.1) is 8.58 Å². The minimum atomic E-state index is 0.0473. The summed E-state index contributed by atoms with van der Waals surface area (Å²) in [6.07, 6.45) is 2.76. The first-order valence-corrected chi connectivity index (χ1v) is 5.29. The van der Waals surface area contributed by atoms with Gasteiger partial charge in [0.15, 0.2) is 0 Å². The standard InChI is InChI=1S/C3H9NP2/c4-6-2-1-5-3-6/h5H,1-4H2. The maximum absolute atomic E-state index is 5.61. The zero-order valence-electron chi connectivity index (χ0n) is 3.65. The summed E-state index contributed by atoms with van der Waals surface area (Å²) in [4.78, 5) is 0. The van der Waals surface area contributed by atoms with E-state index in [1.807, 2.05) is 0 Å². The molecule has 0 amide bonds. The van der Waals surface area contributed by atoms with Crippen molar-refractivity contribution >= 4 is 16.7 Å². The van der Waals surface area contributed by atoms with Crippen molar-refractivity contribution in [2.24, 2.45) is 5.50 Å². The highest BCUT2D eigenvalue weighted by molar-refractivity contribution is 7.69. The lowest BCUT2D eigenvalue weighted by atomic mass is 11.0. The molecule has 36 valence electrons. The topological polar surface area (TPSA) is 26.0 Å². The molecule has 6 heavy (non-hydrogen) atoms. The Balaban J connectivity index is 2.18. The highest BCUT2D eigenvalue weighted by atomic mass is 31.2. The predicted octanol–water partition coefficient (Wildman–Crippen LogP) is 0.992. The molecular weight excluding hydrogens is 112 g/mol. The van der Waals surface area contributed by atoms with Crippen molar-refractivity contribution in [3.63, 3.8) is 0 Å². The fourth-order valence-corrected chi connectivity index (χ4v) is 4.72. The number of hydrogen-bond donors (Lipinski definition) is 1. The molecule has 0 saturated carbocycles. The van der Waals surface area contributed by atoms with E-state index in [-0.39, 0.29) is 8.07 Å². The van der Waals surface area contributed by atoms with Crippen LogP contribution >= 0.6 is 16.7 Å². The monoisotopic (exact) mass is 121 g/mol. The van der Waals surface area contributed by atoms with E-state index in [1.165, 1.54) is 26.8 Å². The molecule has 3 heteroatoms. The normalized spacial score (nSPS) is 38.5. The maximum Gasteiger partial charge on any atom is -0.00186 e. The first-order chi connectivity index (χ1) is 2.89. The molecule has 0 aliphatic carbocycles. The summed E-state index contributed by atoms with van der Waals surface area (Å²) in [6.45, 7) is 0. The van der Waals surface area contributed by atoms with Crippen LogP contribution in [0.15, 0.2) is 0 Å². The van der Waals surface area contributed by atoms with Gasteiger partial charge >= 0.3 is 0 Å². The highest BCUT2D eigenvalue weighted by Gasteiger charge is 2.07. The molecule has 0 radical (unpaired) electrons. The molecule has 1 aliphatic heterocycles. The molecule has 2 atom stereocenters. The van der Waals surface area contributed by atoms with E-state index in [4.69, 9.17) is 5.50 Å². The molecule has 1 aliphatic rings. The molecule has 0 aromatic heterocycles. The maximum atomic E-state index is 5.61. The Bertz CT molecular complexity index is 42.1. The number of hydrogen-bond acceptors (Lipinski definition) is 1. The molecule has 0 aromatic carbocycles. The zero-order valence-corrected chi connectivity index (χ0v) is 5.54. The largest absolute Gasteiger partial charge is 0.309 e. The minimum Gasteiger partial charge on any atom is -0.309 e. The first-order valence-electron chi connectivity index (χ1n) is 2.10. The summed E-state index contributed by atoms with van der Waals surface area (Å²) in [7, 11) is 1.24. The Labute approximate surface area is 41.3 Å². The first kappa shape index (κ1) is 4.97. The second-order valence-electron chi connectivity index (χ2n) is 1.47. The summed E-state index contributed by atoms with van der Waals surface area (Å²) in [5, 5.41) is 0. The van der Waals surface area contributed by atoms with Gasteiger partial charge < -0.3 is 5.50 Å². The van der Waals surface area contributed by atoms with E-state index >= 15 is 0 Å². The summed E-state index contributed by atoms with van der Waals surface area (Å²) in [6, 6.07) is 0. The van der Waals surface area contributed by atoms with Crippen LogP contribution < -0.4 is 5.50 Å². The smallest absolute Gasteiger partial charge is 0.00186 e. The van der Waals surface area contributed by atoms with Crippen LogP contribution in [0.1, 0.15) is 0 Å². The summed E-state index contributed by atoms with van der Waals surface area (Å²) < 4.78 is 0. The van der Waals surface area contributed by atoms with Crippen LogP contribution in [0.5, 0.6) is 0 Å². The van der Waals surface area contributed by atoms with Gasteiger partial charge in [-0.1, -0.05) is 0 Å². The third-order valence-corrected chi connectivity index (χ3v) is 5.23. The van der Waals surface area contributed by atoms with E-state index < -0.39 is 0 Å². The molecule has 0 aromatic rings. The quantitative estimate of drug-likeness (QED) is 0.475. The van der Waals surface area contributed by atoms with Gasteiger partial charge in [-0.2, -0.15) is 0 Å². The lowest BCUT2D eigenvalue weighted by Crippen LogP contribution is -1.86. The second-order valence-corrected chi connectivity index (χ2v) is 5.36. The van der Waals surface area contributed by atoms with Crippen LogP contribution in [0.25, 0.3) is 0 Å². The Morgan fingerprint density at radius 2 is 2.50 bits per heavy atom.